The molecule has 0 radical (unpaired) electrons. The highest BCUT2D eigenvalue weighted by Gasteiger charge is 2.04. The molecule has 0 bridgehead atoms. The molecule has 0 atom stereocenters. The van der Waals surface area contributed by atoms with Crippen molar-refractivity contribution in [1.29, 1.82) is 0 Å². The van der Waals surface area contributed by atoms with Gasteiger partial charge in [-0.05, 0) is 0 Å². The van der Waals surface area contributed by atoms with Crippen LogP contribution in [0.4, 0.5) is 0 Å². The normalized spacial score (nSPS) is 8.00. The number of carbonyl (C=O) groups excluding carboxylic acids is 1. The van der Waals surface area contributed by atoms with Crippen LogP contribution in [0.5, 0.6) is 0 Å². The zero-order valence-corrected chi connectivity index (χ0v) is 5.15. The quantitative estimate of drug-likeness (QED) is 0.332. The molecular weight excluding hydrogens is 136 g/mol. The molecule has 0 rings (SSSR count). The second kappa shape index (κ2) is 4.40. The fourth-order valence-electron chi connectivity index (χ4n) is 0.359. The monoisotopic (exact) mass is 142 g/mol. The Balaban J connectivity index is 3.60. The maximum Gasteiger partial charge on any atom is 0.323 e. The summed E-state index contributed by atoms with van der Waals surface area (Å²) in [6.07, 6.45) is 0.327. The van der Waals surface area contributed by atoms with Crippen molar-refractivity contribution in [2.45, 2.75) is 12.8 Å². The van der Waals surface area contributed by atoms with Crippen LogP contribution in [-0.4, -0.2) is 27.9 Å². The summed E-state index contributed by atoms with van der Waals surface area (Å²) in [5.41, 5.74) is 7.80. The van der Waals surface area contributed by atoms with E-state index >= 15 is 0 Å². The van der Waals surface area contributed by atoms with E-state index in [0.717, 1.165) is 0 Å². The molecule has 0 aliphatic heterocycles. The number of aliphatic carboxylic acids is 1. The van der Waals surface area contributed by atoms with Gasteiger partial charge in [0, 0.05) is 6.42 Å². The van der Waals surface area contributed by atoms with E-state index in [9.17, 15) is 9.59 Å². The summed E-state index contributed by atoms with van der Waals surface area (Å²) in [7, 11) is 0. The van der Waals surface area contributed by atoms with Gasteiger partial charge in [-0.2, -0.15) is 4.79 Å². The Hall–Kier alpha value is -1.48. The topological polar surface area (TPSA) is 90.8 Å². The van der Waals surface area contributed by atoms with Gasteiger partial charge in [0.25, 0.3) is 0 Å². The second-order valence-corrected chi connectivity index (χ2v) is 1.60. The Morgan fingerprint density at radius 2 is 2.10 bits per heavy atom. The summed E-state index contributed by atoms with van der Waals surface area (Å²) in [6.45, 7) is 0. The first-order chi connectivity index (χ1) is 4.66. The second-order valence-electron chi connectivity index (χ2n) is 1.60. The van der Waals surface area contributed by atoms with Crippen LogP contribution in [-0.2, 0) is 9.59 Å². The minimum absolute atomic E-state index is 0.126. The first kappa shape index (κ1) is 8.52. The minimum Gasteiger partial charge on any atom is -0.481 e. The number of ketones is 1. The summed E-state index contributed by atoms with van der Waals surface area (Å²) in [6, 6.07) is 0. The largest absolute Gasteiger partial charge is 0.481 e. The van der Waals surface area contributed by atoms with Crippen molar-refractivity contribution in [3.63, 3.8) is 0 Å². The fraction of sp³-hybridized carbons (Fsp3) is 0.400. The molecule has 5 heteroatoms. The lowest BCUT2D eigenvalue weighted by atomic mass is 10.2. The summed E-state index contributed by atoms with van der Waals surface area (Å²) in [5.74, 6) is -1.54. The highest BCUT2D eigenvalue weighted by molar-refractivity contribution is 6.25. The number of carbonyl (C=O) groups is 2. The smallest absolute Gasteiger partial charge is 0.323 e. The van der Waals surface area contributed by atoms with E-state index in [1.807, 2.05) is 0 Å². The molecule has 0 saturated carbocycles. The van der Waals surface area contributed by atoms with E-state index in [1.165, 1.54) is 0 Å². The number of hydrogen-bond acceptors (Lipinski definition) is 2. The van der Waals surface area contributed by atoms with Gasteiger partial charge in [-0.15, -0.1) is 0 Å². The number of Topliss-reactive ketones (excluding diaryl/α,β-unsaturated/α-hetero) is 1. The van der Waals surface area contributed by atoms with Crippen molar-refractivity contribution in [3.8, 4) is 0 Å². The maximum atomic E-state index is 10.4. The molecule has 0 heterocycles. The van der Waals surface area contributed by atoms with Gasteiger partial charge in [-0.3, -0.25) is 9.59 Å². The van der Waals surface area contributed by atoms with E-state index in [1.54, 1.807) is 0 Å². The highest BCUT2D eigenvalue weighted by atomic mass is 16.4. The Kier molecular flexibility index (Phi) is 3.75. The van der Waals surface area contributed by atoms with Crippen LogP contribution < -0.4 is 0 Å². The number of hydrogen-bond donors (Lipinski definition) is 1. The predicted molar refractivity (Wildman–Crippen MR) is 31.6 cm³/mol. The van der Waals surface area contributed by atoms with Crippen LogP contribution in [0, 0.1) is 0 Å². The molecule has 0 fully saturated rings. The van der Waals surface area contributed by atoms with Crippen LogP contribution in [0.2, 0.25) is 0 Å². The summed E-state index contributed by atoms with van der Waals surface area (Å²) in [4.78, 5) is 22.7. The maximum absolute atomic E-state index is 10.4. The lowest BCUT2D eigenvalue weighted by Crippen LogP contribution is -2.04. The van der Waals surface area contributed by atoms with Crippen LogP contribution >= 0.6 is 0 Å². The minimum atomic E-state index is -1.04. The lowest BCUT2D eigenvalue weighted by molar-refractivity contribution is -0.138. The Morgan fingerprint density at radius 1 is 1.50 bits per heavy atom. The third-order valence-electron chi connectivity index (χ3n) is 0.787. The molecular formula is C5H6N2O3. The van der Waals surface area contributed by atoms with Crippen molar-refractivity contribution in [3.05, 3.63) is 5.53 Å². The first-order valence-electron chi connectivity index (χ1n) is 2.59. The molecule has 0 spiro atoms. The lowest BCUT2D eigenvalue weighted by Gasteiger charge is -1.84. The molecule has 0 saturated heterocycles. The molecule has 0 aliphatic carbocycles. The molecule has 0 amide bonds. The molecule has 0 aliphatic rings. The number of carboxylic acids is 1. The number of nitrogens with zero attached hydrogens (tertiary/aromatic N) is 2. The van der Waals surface area contributed by atoms with Gasteiger partial charge in [-0.25, -0.2) is 0 Å². The van der Waals surface area contributed by atoms with Crippen molar-refractivity contribution in [2.24, 2.45) is 0 Å². The molecule has 10 heavy (non-hydrogen) atoms. The molecule has 5 nitrogen and oxygen atoms in total. The van der Waals surface area contributed by atoms with Crippen molar-refractivity contribution in [1.82, 2.24) is 0 Å². The molecule has 0 aromatic heterocycles. The van der Waals surface area contributed by atoms with Crippen LogP contribution in [0.3, 0.4) is 0 Å². The first-order valence-corrected chi connectivity index (χ1v) is 2.59. The summed E-state index contributed by atoms with van der Waals surface area (Å²) >= 11 is 0. The van der Waals surface area contributed by atoms with Gasteiger partial charge in [0.05, 0.1) is 6.42 Å². The molecule has 0 aromatic rings. The van der Waals surface area contributed by atoms with Crippen molar-refractivity contribution in [2.75, 3.05) is 0 Å². The van der Waals surface area contributed by atoms with Crippen LogP contribution in [0.15, 0.2) is 0 Å². The average molecular weight is 142 g/mol. The van der Waals surface area contributed by atoms with Gasteiger partial charge in [0.15, 0.2) is 0 Å². The van der Waals surface area contributed by atoms with Crippen LogP contribution in [0.1, 0.15) is 12.8 Å². The number of rotatable bonds is 4. The summed E-state index contributed by atoms with van der Waals surface area (Å²) < 4.78 is 0. The Morgan fingerprint density at radius 3 is 2.50 bits per heavy atom. The van der Waals surface area contributed by atoms with Crippen molar-refractivity contribution >= 4 is 18.0 Å². The van der Waals surface area contributed by atoms with E-state index in [-0.39, 0.29) is 12.8 Å². The van der Waals surface area contributed by atoms with Gasteiger partial charge >= 0.3 is 12.2 Å². The van der Waals surface area contributed by atoms with Crippen molar-refractivity contribution < 1.29 is 19.5 Å². The average Bonchev–Trinajstić information content (AvgIpc) is 1.85. The SMILES string of the molecule is [N-]=[N+]=CC(=O)CCC(=O)O. The predicted octanol–water partition coefficient (Wildman–Crippen LogP) is -0.279. The molecule has 0 aromatic carbocycles. The molecule has 54 valence electrons. The van der Waals surface area contributed by atoms with Gasteiger partial charge in [0.2, 0.25) is 5.78 Å². The third-order valence-corrected chi connectivity index (χ3v) is 0.787. The molecule has 1 N–H and O–H groups in total. The Bertz CT molecular complexity index is 193. The van der Waals surface area contributed by atoms with E-state index in [0.29, 0.717) is 6.21 Å². The van der Waals surface area contributed by atoms with Crippen LogP contribution in [0.25, 0.3) is 5.53 Å². The van der Waals surface area contributed by atoms with E-state index in [2.05, 4.69) is 4.79 Å². The number of carboxylic acid groups (broad SMARTS) is 1. The Labute approximate surface area is 56.9 Å². The van der Waals surface area contributed by atoms with Gasteiger partial charge in [0.1, 0.15) is 0 Å². The van der Waals surface area contributed by atoms with Gasteiger partial charge < -0.3 is 10.6 Å². The summed E-state index contributed by atoms with van der Waals surface area (Å²) in [5, 5.41) is 8.07. The highest BCUT2D eigenvalue weighted by Crippen LogP contribution is 1.87. The third kappa shape index (κ3) is 4.67. The van der Waals surface area contributed by atoms with Gasteiger partial charge in [-0.1, -0.05) is 0 Å². The zero-order valence-electron chi connectivity index (χ0n) is 5.15. The standard InChI is InChI=1S/C5H6N2O3/c6-7-3-4(8)1-2-5(9)10/h3H,1-2H2,(H,9,10). The van der Waals surface area contributed by atoms with E-state index in [4.69, 9.17) is 10.6 Å². The molecule has 0 unspecified atom stereocenters. The van der Waals surface area contributed by atoms with E-state index < -0.39 is 11.8 Å². The zero-order chi connectivity index (χ0) is 7.98. The fourth-order valence-corrected chi connectivity index (χ4v) is 0.359.